The molecule has 2 aliphatic rings. The van der Waals surface area contributed by atoms with Gasteiger partial charge in [-0.05, 0) is 12.1 Å². The van der Waals surface area contributed by atoms with E-state index in [0.717, 1.165) is 92.7 Å². The molecule has 2 fully saturated rings. The van der Waals surface area contributed by atoms with Crippen molar-refractivity contribution in [2.24, 2.45) is 7.05 Å². The maximum Gasteiger partial charge on any atom is 0.230 e. The van der Waals surface area contributed by atoms with Crippen molar-refractivity contribution in [3.63, 3.8) is 0 Å². The van der Waals surface area contributed by atoms with Crippen molar-refractivity contribution in [2.45, 2.75) is 6.54 Å². The lowest BCUT2D eigenvalue weighted by atomic mass is 10.1. The number of hydroxylamine groups is 1. The molecule has 2 aliphatic heterocycles. The highest BCUT2D eigenvalue weighted by Gasteiger charge is 2.22. The highest BCUT2D eigenvalue weighted by atomic mass is 32.1. The number of nitrogens with one attached hydrogen (secondary N) is 1. The number of benzene rings is 1. The topological polar surface area (TPSA) is 112 Å². The first-order valence-corrected chi connectivity index (χ1v) is 13.3. The van der Waals surface area contributed by atoms with Gasteiger partial charge in [0, 0.05) is 68.7 Å². The molecule has 13 heteroatoms. The molecular weight excluding hydrogens is 512 g/mol. The van der Waals surface area contributed by atoms with Crippen LogP contribution in [-0.4, -0.2) is 93.1 Å². The molecule has 2 saturated heterocycles. The van der Waals surface area contributed by atoms with Gasteiger partial charge in [-0.25, -0.2) is 15.4 Å². The average Bonchev–Trinajstić information content (AvgIpc) is 3.53. The van der Waals surface area contributed by atoms with Crippen LogP contribution in [0.25, 0.3) is 32.5 Å². The van der Waals surface area contributed by atoms with Gasteiger partial charge >= 0.3 is 0 Å². The standard InChI is InChI=1S/C23H27N7OS2.CH3NO2/c1-27-20-4-2-3-17(18(20)14-24-27)22-25-19-13-16(15-28-5-7-30(32)8-6-28)33-21(19)23(26-22)29-9-11-31-12-10-29;3-1-2-4/h2-4,13-14,32H,5-12,15H2,1H3;1,4H,(H,2,3). The van der Waals surface area contributed by atoms with Crippen LogP contribution in [0.5, 0.6) is 0 Å². The molecular formula is C24H30N8O3S2. The molecule has 0 radical (unpaired) electrons. The Bertz CT molecular complexity index is 1360. The van der Waals surface area contributed by atoms with Crippen LogP contribution >= 0.6 is 24.2 Å². The number of carbonyl (C=O) groups is 1. The number of morpholine rings is 1. The lowest BCUT2D eigenvalue weighted by Crippen LogP contribution is -2.41. The van der Waals surface area contributed by atoms with Crippen molar-refractivity contribution in [1.82, 2.24) is 34.4 Å². The summed E-state index contributed by atoms with van der Waals surface area (Å²) in [7, 11) is 1.97. The van der Waals surface area contributed by atoms with Crippen molar-refractivity contribution in [3.8, 4) is 11.4 Å². The van der Waals surface area contributed by atoms with Gasteiger partial charge in [0.25, 0.3) is 0 Å². The monoisotopic (exact) mass is 542 g/mol. The number of hydrogen-bond donors (Lipinski definition) is 3. The Balaban J connectivity index is 0.000000655. The van der Waals surface area contributed by atoms with E-state index in [4.69, 9.17) is 24.7 Å². The molecule has 1 amide bonds. The van der Waals surface area contributed by atoms with E-state index in [2.05, 4.69) is 56.3 Å². The number of nitrogens with zero attached hydrogens (tertiary/aromatic N) is 7. The fraction of sp³-hybridized carbons (Fsp3) is 0.417. The number of thiol groups is 1. The van der Waals surface area contributed by atoms with E-state index in [-0.39, 0.29) is 6.41 Å². The van der Waals surface area contributed by atoms with Gasteiger partial charge in [-0.15, -0.1) is 11.3 Å². The van der Waals surface area contributed by atoms with Crippen LogP contribution in [0.4, 0.5) is 5.82 Å². The zero-order valence-electron chi connectivity index (χ0n) is 20.6. The van der Waals surface area contributed by atoms with Gasteiger partial charge in [0.2, 0.25) is 6.41 Å². The van der Waals surface area contributed by atoms with Crippen molar-refractivity contribution in [3.05, 3.63) is 35.3 Å². The smallest absolute Gasteiger partial charge is 0.230 e. The van der Waals surface area contributed by atoms with E-state index in [9.17, 15) is 0 Å². The Hall–Kier alpha value is -2.81. The molecule has 196 valence electrons. The van der Waals surface area contributed by atoms with Crippen molar-refractivity contribution in [2.75, 3.05) is 57.4 Å². The number of fused-ring (bicyclic) bond motifs is 2. The van der Waals surface area contributed by atoms with Crippen LogP contribution in [0.3, 0.4) is 0 Å². The number of rotatable bonds is 5. The Morgan fingerprint density at radius 3 is 2.65 bits per heavy atom. The molecule has 0 saturated carbocycles. The largest absolute Gasteiger partial charge is 0.378 e. The fourth-order valence-corrected chi connectivity index (χ4v) is 5.97. The number of hydrogen-bond acceptors (Lipinski definition) is 11. The predicted octanol–water partition coefficient (Wildman–Crippen LogP) is 2.17. The third-order valence-electron chi connectivity index (χ3n) is 6.53. The zero-order chi connectivity index (χ0) is 25.8. The fourth-order valence-electron chi connectivity index (χ4n) is 4.64. The second-order valence-corrected chi connectivity index (χ2v) is 10.6. The molecule has 1 aromatic carbocycles. The molecule has 11 nitrogen and oxygen atoms in total. The van der Waals surface area contributed by atoms with Gasteiger partial charge in [-0.1, -0.05) is 24.9 Å². The van der Waals surface area contributed by atoms with E-state index in [1.165, 1.54) is 15.1 Å². The summed E-state index contributed by atoms with van der Waals surface area (Å²) in [5.41, 5.74) is 4.38. The molecule has 4 aromatic rings. The van der Waals surface area contributed by atoms with Gasteiger partial charge in [0.15, 0.2) is 11.6 Å². The van der Waals surface area contributed by atoms with Gasteiger partial charge in [-0.2, -0.15) is 5.10 Å². The molecule has 6 rings (SSSR count). The molecule has 0 aliphatic carbocycles. The van der Waals surface area contributed by atoms with Crippen LogP contribution in [0, 0.1) is 0 Å². The number of aromatic nitrogens is 4. The van der Waals surface area contributed by atoms with Crippen molar-refractivity contribution in [1.29, 1.82) is 0 Å². The highest BCUT2D eigenvalue weighted by Crippen LogP contribution is 2.36. The number of carbonyl (C=O) groups excluding carboxylic acids is 1. The second-order valence-electron chi connectivity index (χ2n) is 8.88. The van der Waals surface area contributed by atoms with Crippen molar-refractivity contribution < 1.29 is 14.7 Å². The molecule has 0 bridgehead atoms. The van der Waals surface area contributed by atoms with E-state index < -0.39 is 0 Å². The van der Waals surface area contributed by atoms with Gasteiger partial charge in [0.1, 0.15) is 0 Å². The highest BCUT2D eigenvalue weighted by molar-refractivity contribution is 7.77. The number of ether oxygens (including phenoxy) is 1. The SMILES string of the molecule is Cn1ncc2c(-c3nc(N4CCOCC4)c4sc(CN5CCN(S)CC5)cc4n3)cccc21.O=CNO. The summed E-state index contributed by atoms with van der Waals surface area (Å²) >= 11 is 6.31. The van der Waals surface area contributed by atoms with Gasteiger partial charge in [0.05, 0.1) is 35.1 Å². The lowest BCUT2D eigenvalue weighted by molar-refractivity contribution is -0.116. The minimum Gasteiger partial charge on any atom is -0.378 e. The molecule has 2 N–H and O–H groups in total. The van der Waals surface area contributed by atoms with Crippen LogP contribution in [0.15, 0.2) is 30.5 Å². The number of piperazine rings is 1. The zero-order valence-corrected chi connectivity index (χ0v) is 22.3. The summed E-state index contributed by atoms with van der Waals surface area (Å²) < 4.78 is 10.8. The van der Waals surface area contributed by atoms with E-state index in [1.54, 1.807) is 0 Å². The third kappa shape index (κ3) is 5.71. The Labute approximate surface area is 224 Å². The number of aryl methyl sites for hydroxylation is 1. The van der Waals surface area contributed by atoms with Crippen LogP contribution in [0.2, 0.25) is 0 Å². The van der Waals surface area contributed by atoms with Gasteiger partial charge < -0.3 is 9.64 Å². The first kappa shape index (κ1) is 25.8. The minimum atomic E-state index is 0.181. The molecule has 3 aromatic heterocycles. The van der Waals surface area contributed by atoms with E-state index in [0.29, 0.717) is 0 Å². The van der Waals surface area contributed by atoms with Crippen LogP contribution in [-0.2, 0) is 23.1 Å². The molecule has 0 spiro atoms. The maximum atomic E-state index is 8.81. The minimum absolute atomic E-state index is 0.181. The quantitative estimate of drug-likeness (QED) is 0.151. The normalized spacial score (nSPS) is 17.1. The Morgan fingerprint density at radius 2 is 1.92 bits per heavy atom. The maximum absolute atomic E-state index is 8.81. The summed E-state index contributed by atoms with van der Waals surface area (Å²) in [6, 6.07) is 8.49. The summed E-state index contributed by atoms with van der Waals surface area (Å²) in [5.74, 6) is 1.78. The van der Waals surface area contributed by atoms with E-state index in [1.807, 2.05) is 29.3 Å². The average molecular weight is 543 g/mol. The van der Waals surface area contributed by atoms with Crippen LogP contribution < -0.4 is 10.4 Å². The third-order valence-corrected chi connectivity index (χ3v) is 8.03. The first-order valence-electron chi connectivity index (χ1n) is 12.1. The number of thiophene rings is 1. The van der Waals surface area contributed by atoms with E-state index >= 15 is 0 Å². The Morgan fingerprint density at radius 1 is 1.16 bits per heavy atom. The van der Waals surface area contributed by atoms with Gasteiger partial charge in [-0.3, -0.25) is 23.9 Å². The van der Waals surface area contributed by atoms with Crippen LogP contribution in [0.1, 0.15) is 4.88 Å². The summed E-state index contributed by atoms with van der Waals surface area (Å²) in [6.07, 6.45) is 2.09. The summed E-state index contributed by atoms with van der Waals surface area (Å²) in [6.45, 7) is 8.15. The molecule has 37 heavy (non-hydrogen) atoms. The first-order chi connectivity index (χ1) is 18.1. The second kappa shape index (κ2) is 11.7. The number of anilines is 1. The Kier molecular flexibility index (Phi) is 8.17. The molecule has 5 heterocycles. The van der Waals surface area contributed by atoms with Crippen molar-refractivity contribution >= 4 is 57.5 Å². The molecule has 0 atom stereocenters. The lowest BCUT2D eigenvalue weighted by Gasteiger charge is -2.31. The summed E-state index contributed by atoms with van der Waals surface area (Å²) in [4.78, 5) is 25.2. The predicted molar refractivity (Wildman–Crippen MR) is 147 cm³/mol. The molecule has 0 unspecified atom stereocenters. The number of amides is 1. The summed E-state index contributed by atoms with van der Waals surface area (Å²) in [5, 5.41) is 12.8.